The summed E-state index contributed by atoms with van der Waals surface area (Å²) in [4.78, 5) is 22.2. The van der Waals surface area contributed by atoms with Crippen molar-refractivity contribution in [1.82, 2.24) is 9.97 Å². The molecule has 0 aliphatic carbocycles. The van der Waals surface area contributed by atoms with E-state index in [0.717, 1.165) is 26.5 Å². The Labute approximate surface area is 153 Å². The molecule has 4 rings (SSSR count). The number of pyridine rings is 1. The monoisotopic (exact) mass is 363 g/mol. The number of aromatic nitrogens is 2. The van der Waals surface area contributed by atoms with Crippen molar-refractivity contribution in [2.45, 2.75) is 6.92 Å². The highest BCUT2D eigenvalue weighted by Gasteiger charge is 2.12. The van der Waals surface area contributed by atoms with E-state index >= 15 is 0 Å². The highest BCUT2D eigenvalue weighted by molar-refractivity contribution is 7.21. The lowest BCUT2D eigenvalue weighted by atomic mass is 10.1. The van der Waals surface area contributed by atoms with Crippen molar-refractivity contribution in [2.24, 2.45) is 0 Å². The first-order chi connectivity index (χ1) is 12.6. The first kappa shape index (κ1) is 16.4. The van der Waals surface area contributed by atoms with Crippen LogP contribution in [-0.2, 0) is 0 Å². The van der Waals surface area contributed by atoms with Gasteiger partial charge in [0.25, 0.3) is 5.91 Å². The van der Waals surface area contributed by atoms with Gasteiger partial charge in [0.05, 0.1) is 0 Å². The molecule has 0 fully saturated rings. The Balaban J connectivity index is 1.67. The molecule has 0 bridgehead atoms. The van der Waals surface area contributed by atoms with Crippen LogP contribution < -0.4 is 5.32 Å². The van der Waals surface area contributed by atoms with E-state index in [-0.39, 0.29) is 11.5 Å². The van der Waals surface area contributed by atoms with Crippen LogP contribution in [0.4, 0.5) is 10.1 Å². The summed E-state index contributed by atoms with van der Waals surface area (Å²) in [5, 5.41) is 3.69. The van der Waals surface area contributed by atoms with E-state index in [9.17, 15) is 9.18 Å². The van der Waals surface area contributed by atoms with E-state index in [1.165, 1.54) is 29.5 Å². The molecule has 0 radical (unpaired) electrons. The number of carbonyl (C=O) groups excluding carboxylic acids is 1. The standard InChI is InChI=1S/C20H14FN3OS/c1-12-7-8-14(19-24-16-6-3-9-22-20(16)26-19)11-17(12)23-18(25)13-4-2-5-15(21)10-13/h2-11H,1H3,(H,23,25). The lowest BCUT2D eigenvalue weighted by molar-refractivity contribution is 0.102. The van der Waals surface area contributed by atoms with Gasteiger partial charge < -0.3 is 5.32 Å². The summed E-state index contributed by atoms with van der Waals surface area (Å²) in [6.45, 7) is 1.91. The number of thiazole rings is 1. The average molecular weight is 363 g/mol. The Hall–Kier alpha value is -3.12. The fourth-order valence-electron chi connectivity index (χ4n) is 2.61. The van der Waals surface area contributed by atoms with Crippen LogP contribution >= 0.6 is 11.3 Å². The van der Waals surface area contributed by atoms with Crippen molar-refractivity contribution in [3.8, 4) is 10.6 Å². The van der Waals surface area contributed by atoms with Crippen LogP contribution in [0.5, 0.6) is 0 Å². The largest absolute Gasteiger partial charge is 0.322 e. The highest BCUT2D eigenvalue weighted by Crippen LogP contribution is 2.31. The molecule has 0 aliphatic heterocycles. The molecular formula is C20H14FN3OS. The third kappa shape index (κ3) is 3.19. The van der Waals surface area contributed by atoms with Gasteiger partial charge in [-0.3, -0.25) is 4.79 Å². The van der Waals surface area contributed by atoms with Crippen LogP contribution in [-0.4, -0.2) is 15.9 Å². The van der Waals surface area contributed by atoms with E-state index in [0.29, 0.717) is 5.69 Å². The minimum Gasteiger partial charge on any atom is -0.322 e. The number of halogens is 1. The minimum atomic E-state index is -0.440. The third-order valence-corrected chi connectivity index (χ3v) is 5.01. The van der Waals surface area contributed by atoms with E-state index in [4.69, 9.17) is 0 Å². The molecule has 4 aromatic rings. The molecule has 0 saturated carbocycles. The van der Waals surface area contributed by atoms with Crippen LogP contribution in [0.3, 0.4) is 0 Å². The molecule has 6 heteroatoms. The van der Waals surface area contributed by atoms with Gasteiger partial charge in [-0.05, 0) is 48.9 Å². The molecule has 0 atom stereocenters. The van der Waals surface area contributed by atoms with Crippen molar-refractivity contribution in [2.75, 3.05) is 5.32 Å². The zero-order chi connectivity index (χ0) is 18.1. The molecule has 2 aromatic carbocycles. The number of fused-ring (bicyclic) bond motifs is 1. The van der Waals surface area contributed by atoms with Crippen LogP contribution in [0, 0.1) is 12.7 Å². The molecule has 0 saturated heterocycles. The predicted molar refractivity (Wildman–Crippen MR) is 102 cm³/mol. The Bertz CT molecular complexity index is 1090. The number of nitrogens with one attached hydrogen (secondary N) is 1. The summed E-state index contributed by atoms with van der Waals surface area (Å²) in [6, 6.07) is 15.2. The maximum absolute atomic E-state index is 13.3. The number of hydrogen-bond acceptors (Lipinski definition) is 4. The number of aryl methyl sites for hydroxylation is 1. The second-order valence-corrected chi connectivity index (χ2v) is 6.82. The van der Waals surface area contributed by atoms with Gasteiger partial charge in [-0.15, -0.1) is 0 Å². The van der Waals surface area contributed by atoms with E-state index < -0.39 is 5.82 Å². The normalized spacial score (nSPS) is 10.8. The summed E-state index contributed by atoms with van der Waals surface area (Å²) in [5.41, 5.74) is 3.60. The van der Waals surface area contributed by atoms with Gasteiger partial charge in [-0.2, -0.15) is 0 Å². The van der Waals surface area contributed by atoms with E-state index in [1.54, 1.807) is 12.3 Å². The fourth-order valence-corrected chi connectivity index (χ4v) is 3.51. The molecule has 0 unspecified atom stereocenters. The number of anilines is 1. The van der Waals surface area contributed by atoms with Gasteiger partial charge in [0.1, 0.15) is 21.2 Å². The summed E-state index contributed by atoms with van der Waals surface area (Å²) in [7, 11) is 0. The van der Waals surface area contributed by atoms with Gasteiger partial charge in [0, 0.05) is 23.0 Å². The first-order valence-electron chi connectivity index (χ1n) is 8.00. The maximum Gasteiger partial charge on any atom is 0.255 e. The topological polar surface area (TPSA) is 54.9 Å². The average Bonchev–Trinajstić information content (AvgIpc) is 3.07. The highest BCUT2D eigenvalue weighted by atomic mass is 32.1. The predicted octanol–water partition coefficient (Wildman–Crippen LogP) is 5.06. The molecule has 1 amide bonds. The molecule has 2 aromatic heterocycles. The van der Waals surface area contributed by atoms with Gasteiger partial charge in [0.2, 0.25) is 0 Å². The molecule has 128 valence electrons. The Morgan fingerprint density at radius 2 is 2.00 bits per heavy atom. The fraction of sp³-hybridized carbons (Fsp3) is 0.0500. The van der Waals surface area contributed by atoms with Crippen molar-refractivity contribution < 1.29 is 9.18 Å². The van der Waals surface area contributed by atoms with Crippen molar-refractivity contribution >= 4 is 33.3 Å². The first-order valence-corrected chi connectivity index (χ1v) is 8.81. The Morgan fingerprint density at radius 1 is 1.12 bits per heavy atom. The Kier molecular flexibility index (Phi) is 4.18. The summed E-state index contributed by atoms with van der Waals surface area (Å²) < 4.78 is 13.3. The van der Waals surface area contributed by atoms with Crippen molar-refractivity contribution in [3.63, 3.8) is 0 Å². The zero-order valence-electron chi connectivity index (χ0n) is 13.9. The second kappa shape index (κ2) is 6.65. The number of carbonyl (C=O) groups is 1. The molecule has 0 spiro atoms. The summed E-state index contributed by atoms with van der Waals surface area (Å²) in [5.74, 6) is -0.791. The molecule has 1 N–H and O–H groups in total. The lowest BCUT2D eigenvalue weighted by Gasteiger charge is -2.10. The van der Waals surface area contributed by atoms with E-state index in [1.807, 2.05) is 37.3 Å². The quantitative estimate of drug-likeness (QED) is 0.554. The maximum atomic E-state index is 13.3. The number of amides is 1. The van der Waals surface area contributed by atoms with Gasteiger partial charge in [0.15, 0.2) is 0 Å². The Morgan fingerprint density at radius 3 is 2.81 bits per heavy atom. The van der Waals surface area contributed by atoms with Crippen LogP contribution in [0.15, 0.2) is 60.8 Å². The number of rotatable bonds is 3. The number of benzene rings is 2. The van der Waals surface area contributed by atoms with Crippen LogP contribution in [0.1, 0.15) is 15.9 Å². The van der Waals surface area contributed by atoms with Crippen molar-refractivity contribution in [1.29, 1.82) is 0 Å². The summed E-state index contributed by atoms with van der Waals surface area (Å²) >= 11 is 1.50. The third-order valence-electron chi connectivity index (χ3n) is 3.99. The molecule has 4 nitrogen and oxygen atoms in total. The summed E-state index contributed by atoms with van der Waals surface area (Å²) in [6.07, 6.45) is 1.74. The molecule has 0 aliphatic rings. The number of nitrogens with zero attached hydrogens (tertiary/aromatic N) is 2. The minimum absolute atomic E-state index is 0.277. The van der Waals surface area contributed by atoms with Gasteiger partial charge in [-0.25, -0.2) is 14.4 Å². The zero-order valence-corrected chi connectivity index (χ0v) is 14.7. The molecular weight excluding hydrogens is 349 g/mol. The second-order valence-electron chi connectivity index (χ2n) is 5.84. The van der Waals surface area contributed by atoms with E-state index in [2.05, 4.69) is 15.3 Å². The lowest BCUT2D eigenvalue weighted by Crippen LogP contribution is -2.13. The smallest absolute Gasteiger partial charge is 0.255 e. The SMILES string of the molecule is Cc1ccc(-c2nc3cccnc3s2)cc1NC(=O)c1cccc(F)c1. The van der Waals surface area contributed by atoms with Crippen LogP contribution in [0.25, 0.3) is 20.9 Å². The van der Waals surface area contributed by atoms with Crippen LogP contribution in [0.2, 0.25) is 0 Å². The molecule has 26 heavy (non-hydrogen) atoms. The molecule has 2 heterocycles. The van der Waals surface area contributed by atoms with Gasteiger partial charge in [-0.1, -0.05) is 29.5 Å². The van der Waals surface area contributed by atoms with Crippen molar-refractivity contribution in [3.05, 3.63) is 77.7 Å². The van der Waals surface area contributed by atoms with Gasteiger partial charge >= 0.3 is 0 Å². The number of hydrogen-bond donors (Lipinski definition) is 1.